The fourth-order valence-electron chi connectivity index (χ4n) is 3.09. The lowest BCUT2D eigenvalue weighted by molar-refractivity contribution is -0.166. The third-order valence-electron chi connectivity index (χ3n) is 4.42. The molecule has 0 amide bonds. The molecule has 0 saturated heterocycles. The zero-order chi connectivity index (χ0) is 15.3. The molecule has 1 saturated carbocycles. The normalized spacial score (nSPS) is 17.3. The first-order valence-corrected chi connectivity index (χ1v) is 7.96. The van der Waals surface area contributed by atoms with Crippen LogP contribution >= 0.6 is 0 Å². The lowest BCUT2D eigenvalue weighted by Crippen LogP contribution is -2.38. The summed E-state index contributed by atoms with van der Waals surface area (Å²) in [5.41, 5.74) is 1.99. The minimum Gasteiger partial charge on any atom is -0.482 e. The molecule has 0 unspecified atom stereocenters. The third-order valence-corrected chi connectivity index (χ3v) is 4.42. The van der Waals surface area contributed by atoms with Crippen LogP contribution in [-0.4, -0.2) is 18.2 Å². The van der Waals surface area contributed by atoms with Crippen molar-refractivity contribution < 1.29 is 14.3 Å². The van der Waals surface area contributed by atoms with Gasteiger partial charge in [0.1, 0.15) is 11.4 Å². The van der Waals surface area contributed by atoms with Crippen molar-refractivity contribution in [2.24, 2.45) is 0 Å². The Bertz CT molecular complexity index is 487. The van der Waals surface area contributed by atoms with Crippen LogP contribution in [0.25, 0.3) is 0 Å². The maximum absolute atomic E-state index is 12.1. The molecule has 3 nitrogen and oxygen atoms in total. The summed E-state index contributed by atoms with van der Waals surface area (Å²) in [6, 6.07) is 5.95. The average molecular weight is 290 g/mol. The van der Waals surface area contributed by atoms with Crippen molar-refractivity contribution >= 4 is 5.97 Å². The van der Waals surface area contributed by atoms with Gasteiger partial charge in [-0.15, -0.1) is 0 Å². The highest BCUT2D eigenvalue weighted by Gasteiger charge is 2.34. The minimum absolute atomic E-state index is 0.00828. The van der Waals surface area contributed by atoms with Gasteiger partial charge in [-0.3, -0.25) is 0 Å². The van der Waals surface area contributed by atoms with Gasteiger partial charge in [0.05, 0.1) is 0 Å². The Morgan fingerprint density at radius 3 is 2.52 bits per heavy atom. The summed E-state index contributed by atoms with van der Waals surface area (Å²) in [7, 11) is 0. The van der Waals surface area contributed by atoms with E-state index >= 15 is 0 Å². The van der Waals surface area contributed by atoms with Crippen molar-refractivity contribution in [1.82, 2.24) is 0 Å². The number of rotatable bonds is 5. The van der Waals surface area contributed by atoms with Crippen molar-refractivity contribution in [3.05, 3.63) is 29.3 Å². The van der Waals surface area contributed by atoms with Crippen LogP contribution in [0.15, 0.2) is 18.2 Å². The maximum atomic E-state index is 12.1. The number of hydrogen-bond donors (Lipinski definition) is 0. The van der Waals surface area contributed by atoms with Gasteiger partial charge in [-0.1, -0.05) is 31.0 Å². The fraction of sp³-hybridized carbons (Fsp3) is 0.611. The first-order valence-electron chi connectivity index (χ1n) is 7.96. The molecule has 0 heterocycles. The van der Waals surface area contributed by atoms with Gasteiger partial charge in [0, 0.05) is 0 Å². The summed E-state index contributed by atoms with van der Waals surface area (Å²) in [6.45, 7) is 6.12. The average Bonchev–Trinajstić information content (AvgIpc) is 2.47. The van der Waals surface area contributed by atoms with Gasteiger partial charge in [-0.2, -0.15) is 0 Å². The first-order chi connectivity index (χ1) is 10.0. The summed E-state index contributed by atoms with van der Waals surface area (Å²) in [6.07, 6.45) is 6.41. The smallest absolute Gasteiger partial charge is 0.344 e. The van der Waals surface area contributed by atoms with Gasteiger partial charge < -0.3 is 9.47 Å². The first kappa shape index (κ1) is 15.9. The van der Waals surface area contributed by atoms with Crippen molar-refractivity contribution in [3.63, 3.8) is 0 Å². The molecular formula is C18H26O3. The molecule has 21 heavy (non-hydrogen) atoms. The van der Waals surface area contributed by atoms with Crippen LogP contribution < -0.4 is 4.74 Å². The van der Waals surface area contributed by atoms with Crippen molar-refractivity contribution in [1.29, 1.82) is 0 Å². The monoisotopic (exact) mass is 290 g/mol. The molecule has 0 N–H and O–H groups in total. The molecule has 1 aliphatic rings. The molecule has 1 aromatic carbocycles. The zero-order valence-electron chi connectivity index (χ0n) is 13.4. The SMILES string of the molecule is CCC1(OC(=O)COc2ccc(C)cc2C)CCCCC1. The minimum atomic E-state index is -0.251. The Balaban J connectivity index is 1.89. The molecule has 1 aliphatic carbocycles. The van der Waals surface area contributed by atoms with E-state index in [1.165, 1.54) is 12.0 Å². The molecule has 116 valence electrons. The summed E-state index contributed by atoms with van der Waals surface area (Å²) in [5.74, 6) is 0.505. The molecule has 0 bridgehead atoms. The van der Waals surface area contributed by atoms with E-state index in [1.807, 2.05) is 26.0 Å². The Kier molecular flexibility index (Phi) is 5.27. The van der Waals surface area contributed by atoms with Crippen molar-refractivity contribution in [3.8, 4) is 5.75 Å². The van der Waals surface area contributed by atoms with Gasteiger partial charge in [-0.25, -0.2) is 4.79 Å². The predicted octanol–water partition coefficient (Wildman–Crippen LogP) is 4.34. The van der Waals surface area contributed by atoms with Crippen LogP contribution in [-0.2, 0) is 9.53 Å². The highest BCUT2D eigenvalue weighted by molar-refractivity contribution is 5.71. The number of esters is 1. The van der Waals surface area contributed by atoms with Crippen LogP contribution in [0.4, 0.5) is 0 Å². The molecule has 3 heteroatoms. The molecule has 0 radical (unpaired) electrons. The van der Waals surface area contributed by atoms with Gasteiger partial charge in [0.25, 0.3) is 0 Å². The number of hydrogen-bond acceptors (Lipinski definition) is 3. The van der Waals surface area contributed by atoms with Gasteiger partial charge in [-0.05, 0) is 57.6 Å². The molecule has 0 atom stereocenters. The largest absolute Gasteiger partial charge is 0.482 e. The fourth-order valence-corrected chi connectivity index (χ4v) is 3.09. The van der Waals surface area contributed by atoms with E-state index in [0.717, 1.165) is 43.4 Å². The van der Waals surface area contributed by atoms with E-state index in [9.17, 15) is 4.79 Å². The summed E-state index contributed by atoms with van der Waals surface area (Å²) in [5, 5.41) is 0. The lowest BCUT2D eigenvalue weighted by atomic mass is 9.83. The van der Waals surface area contributed by atoms with Crippen LogP contribution in [0.2, 0.25) is 0 Å². The number of carbonyl (C=O) groups is 1. The Labute approximate surface area is 127 Å². The highest BCUT2D eigenvalue weighted by Crippen LogP contribution is 2.34. The number of carbonyl (C=O) groups excluding carboxylic acids is 1. The molecule has 2 rings (SSSR count). The topological polar surface area (TPSA) is 35.5 Å². The number of ether oxygens (including phenoxy) is 2. The van der Waals surface area contributed by atoms with Gasteiger partial charge in [0.15, 0.2) is 6.61 Å². The third kappa shape index (κ3) is 4.23. The van der Waals surface area contributed by atoms with Gasteiger partial charge >= 0.3 is 5.97 Å². The summed E-state index contributed by atoms with van der Waals surface area (Å²) in [4.78, 5) is 12.1. The van der Waals surface area contributed by atoms with Crippen LogP contribution in [0.5, 0.6) is 5.75 Å². The Morgan fingerprint density at radius 1 is 1.19 bits per heavy atom. The Hall–Kier alpha value is -1.51. The van der Waals surface area contributed by atoms with E-state index in [-0.39, 0.29) is 18.2 Å². The van der Waals surface area contributed by atoms with Crippen LogP contribution in [0, 0.1) is 13.8 Å². The predicted molar refractivity (Wildman–Crippen MR) is 83.6 cm³/mol. The molecule has 0 aromatic heterocycles. The standard InChI is InChI=1S/C18H26O3/c1-4-18(10-6-5-7-11-18)21-17(19)13-20-16-9-8-14(2)12-15(16)3/h8-9,12H,4-7,10-11,13H2,1-3H3. The molecule has 1 aromatic rings. The van der Waals surface area contributed by atoms with Gasteiger partial charge in [0.2, 0.25) is 0 Å². The van der Waals surface area contributed by atoms with Crippen molar-refractivity contribution in [2.45, 2.75) is 64.9 Å². The second-order valence-electron chi connectivity index (χ2n) is 6.13. The molecule has 0 aliphatic heterocycles. The van der Waals surface area contributed by atoms with E-state index < -0.39 is 0 Å². The van der Waals surface area contributed by atoms with Crippen molar-refractivity contribution in [2.75, 3.05) is 6.61 Å². The maximum Gasteiger partial charge on any atom is 0.344 e. The van der Waals surface area contributed by atoms with Crippen LogP contribution in [0.3, 0.4) is 0 Å². The quantitative estimate of drug-likeness (QED) is 0.757. The second-order valence-corrected chi connectivity index (χ2v) is 6.13. The van der Waals surface area contributed by atoms with Crippen LogP contribution in [0.1, 0.15) is 56.6 Å². The molecule has 1 fully saturated rings. The van der Waals surface area contributed by atoms with E-state index in [4.69, 9.17) is 9.47 Å². The number of benzene rings is 1. The van der Waals surface area contributed by atoms with E-state index in [1.54, 1.807) is 0 Å². The zero-order valence-corrected chi connectivity index (χ0v) is 13.4. The highest BCUT2D eigenvalue weighted by atomic mass is 16.6. The lowest BCUT2D eigenvalue weighted by Gasteiger charge is -2.35. The Morgan fingerprint density at radius 2 is 1.90 bits per heavy atom. The number of aryl methyl sites for hydroxylation is 2. The van der Waals surface area contributed by atoms with E-state index in [2.05, 4.69) is 13.0 Å². The second kappa shape index (κ2) is 6.97. The van der Waals surface area contributed by atoms with E-state index in [0.29, 0.717) is 0 Å². The molecular weight excluding hydrogens is 264 g/mol. The summed E-state index contributed by atoms with van der Waals surface area (Å²) < 4.78 is 11.4. The molecule has 0 spiro atoms. The summed E-state index contributed by atoms with van der Waals surface area (Å²) >= 11 is 0.